The van der Waals surface area contributed by atoms with E-state index in [-0.39, 0.29) is 0 Å². The van der Waals surface area contributed by atoms with E-state index in [4.69, 9.17) is 10.5 Å². The van der Waals surface area contributed by atoms with Crippen LogP contribution < -0.4 is 10.5 Å². The molecule has 0 aliphatic rings. The van der Waals surface area contributed by atoms with Gasteiger partial charge in [0.05, 0.1) is 0 Å². The second-order valence-electron chi connectivity index (χ2n) is 3.81. The normalized spacial score (nSPS) is 10.0. The Hall–Kier alpha value is -2.36. The molecule has 0 fully saturated rings. The number of ether oxygens (including phenoxy) is 1. The minimum atomic E-state index is 0.342. The van der Waals surface area contributed by atoms with Crippen LogP contribution in [0.3, 0.4) is 0 Å². The van der Waals surface area contributed by atoms with Gasteiger partial charge in [0.2, 0.25) is 0 Å². The zero-order valence-corrected chi connectivity index (χ0v) is 10.0. The lowest BCUT2D eigenvalue weighted by Gasteiger charge is -2.10. The average molecular weight is 241 g/mol. The SMILES string of the molecule is C=CCc1cc(N)ccc1OCc1ncccn1. The molecule has 0 aliphatic carbocycles. The first-order valence-electron chi connectivity index (χ1n) is 5.67. The van der Waals surface area contributed by atoms with Crippen molar-refractivity contribution in [3.63, 3.8) is 0 Å². The van der Waals surface area contributed by atoms with Gasteiger partial charge < -0.3 is 10.5 Å². The number of anilines is 1. The second kappa shape index (κ2) is 5.82. The fourth-order valence-corrected chi connectivity index (χ4v) is 1.60. The van der Waals surface area contributed by atoms with E-state index in [1.807, 2.05) is 24.3 Å². The van der Waals surface area contributed by atoms with Crippen molar-refractivity contribution in [2.45, 2.75) is 13.0 Å². The van der Waals surface area contributed by atoms with Crippen molar-refractivity contribution in [3.05, 3.63) is 60.7 Å². The maximum Gasteiger partial charge on any atom is 0.166 e. The fourth-order valence-electron chi connectivity index (χ4n) is 1.60. The Balaban J connectivity index is 2.11. The number of aromatic nitrogens is 2. The molecule has 2 N–H and O–H groups in total. The smallest absolute Gasteiger partial charge is 0.166 e. The molecule has 0 amide bonds. The summed E-state index contributed by atoms with van der Waals surface area (Å²) in [5.41, 5.74) is 7.48. The molecule has 1 heterocycles. The number of benzene rings is 1. The van der Waals surface area contributed by atoms with E-state index >= 15 is 0 Å². The van der Waals surface area contributed by atoms with Crippen LogP contribution in [-0.2, 0) is 13.0 Å². The summed E-state index contributed by atoms with van der Waals surface area (Å²) in [7, 11) is 0. The zero-order valence-electron chi connectivity index (χ0n) is 10.0. The Morgan fingerprint density at radius 2 is 2.06 bits per heavy atom. The number of nitrogens with two attached hydrogens (primary N) is 1. The first-order valence-corrected chi connectivity index (χ1v) is 5.67. The Labute approximate surface area is 106 Å². The molecule has 0 saturated heterocycles. The van der Waals surface area contributed by atoms with E-state index in [9.17, 15) is 0 Å². The summed E-state index contributed by atoms with van der Waals surface area (Å²) in [5, 5.41) is 0. The van der Waals surface area contributed by atoms with Crippen LogP contribution in [0.2, 0.25) is 0 Å². The van der Waals surface area contributed by atoms with E-state index in [0.717, 1.165) is 23.4 Å². The monoisotopic (exact) mass is 241 g/mol. The lowest BCUT2D eigenvalue weighted by atomic mass is 10.1. The topological polar surface area (TPSA) is 61.0 Å². The van der Waals surface area contributed by atoms with Crippen LogP contribution in [0, 0.1) is 0 Å². The van der Waals surface area contributed by atoms with E-state index in [0.29, 0.717) is 12.4 Å². The Morgan fingerprint density at radius 3 is 2.78 bits per heavy atom. The molecule has 1 aromatic heterocycles. The number of rotatable bonds is 5. The number of nitrogen functional groups attached to an aromatic ring is 1. The predicted octanol–water partition coefficient (Wildman–Crippen LogP) is 2.37. The van der Waals surface area contributed by atoms with Crippen molar-refractivity contribution in [1.82, 2.24) is 9.97 Å². The summed E-state index contributed by atoms with van der Waals surface area (Å²) in [6.07, 6.45) is 5.93. The quantitative estimate of drug-likeness (QED) is 0.645. The van der Waals surface area contributed by atoms with E-state index < -0.39 is 0 Å². The summed E-state index contributed by atoms with van der Waals surface area (Å²) in [5.74, 6) is 1.44. The fraction of sp³-hybridized carbons (Fsp3) is 0.143. The first kappa shape index (κ1) is 12.1. The van der Waals surface area contributed by atoms with Crippen LogP contribution in [0.25, 0.3) is 0 Å². The van der Waals surface area contributed by atoms with Gasteiger partial charge in [0.1, 0.15) is 12.4 Å². The Morgan fingerprint density at radius 1 is 1.28 bits per heavy atom. The van der Waals surface area contributed by atoms with Gasteiger partial charge in [-0.25, -0.2) is 9.97 Å². The van der Waals surface area contributed by atoms with Gasteiger partial charge in [-0.15, -0.1) is 6.58 Å². The van der Waals surface area contributed by atoms with Crippen LogP contribution in [0.15, 0.2) is 49.3 Å². The number of hydrogen-bond acceptors (Lipinski definition) is 4. The standard InChI is InChI=1S/C14H15N3O/c1-2-4-11-9-12(15)5-6-13(11)18-10-14-16-7-3-8-17-14/h2-3,5-9H,1,4,10,15H2. The maximum atomic E-state index is 5.75. The molecule has 0 bridgehead atoms. The molecule has 0 saturated carbocycles. The van der Waals surface area contributed by atoms with E-state index in [1.54, 1.807) is 18.5 Å². The third-order valence-electron chi connectivity index (χ3n) is 2.42. The van der Waals surface area contributed by atoms with Crippen molar-refractivity contribution in [3.8, 4) is 5.75 Å². The predicted molar refractivity (Wildman–Crippen MR) is 71.1 cm³/mol. The number of allylic oxidation sites excluding steroid dienone is 1. The third kappa shape index (κ3) is 3.07. The number of hydrogen-bond donors (Lipinski definition) is 1. The number of nitrogens with zero attached hydrogens (tertiary/aromatic N) is 2. The molecule has 1 aromatic carbocycles. The zero-order chi connectivity index (χ0) is 12.8. The van der Waals surface area contributed by atoms with Crippen molar-refractivity contribution >= 4 is 5.69 Å². The van der Waals surface area contributed by atoms with Gasteiger partial charge >= 0.3 is 0 Å². The highest BCUT2D eigenvalue weighted by Gasteiger charge is 2.04. The van der Waals surface area contributed by atoms with Crippen LogP contribution in [0.5, 0.6) is 5.75 Å². The minimum Gasteiger partial charge on any atom is -0.485 e. The summed E-state index contributed by atoms with van der Waals surface area (Å²) < 4.78 is 5.70. The molecule has 0 aliphatic heterocycles. The molecule has 0 unspecified atom stereocenters. The maximum absolute atomic E-state index is 5.75. The van der Waals surface area contributed by atoms with Gasteiger partial charge in [0, 0.05) is 18.1 Å². The lowest BCUT2D eigenvalue weighted by Crippen LogP contribution is -2.02. The van der Waals surface area contributed by atoms with Gasteiger partial charge in [-0.3, -0.25) is 0 Å². The molecule has 0 spiro atoms. The van der Waals surface area contributed by atoms with Crippen molar-refractivity contribution in [2.75, 3.05) is 5.73 Å². The van der Waals surface area contributed by atoms with Gasteiger partial charge in [-0.05, 0) is 36.2 Å². The molecular weight excluding hydrogens is 226 g/mol. The summed E-state index contributed by atoms with van der Waals surface area (Å²) in [6, 6.07) is 7.34. The third-order valence-corrected chi connectivity index (χ3v) is 2.42. The lowest BCUT2D eigenvalue weighted by molar-refractivity contribution is 0.293. The van der Waals surface area contributed by atoms with E-state index in [2.05, 4.69) is 16.5 Å². The summed E-state index contributed by atoms with van der Waals surface area (Å²) >= 11 is 0. The molecule has 2 rings (SSSR count). The van der Waals surface area contributed by atoms with Crippen molar-refractivity contribution in [1.29, 1.82) is 0 Å². The molecule has 0 atom stereocenters. The molecular formula is C14H15N3O. The van der Waals surface area contributed by atoms with Crippen LogP contribution in [-0.4, -0.2) is 9.97 Å². The molecule has 0 radical (unpaired) electrons. The average Bonchev–Trinajstić information content (AvgIpc) is 2.39. The van der Waals surface area contributed by atoms with Crippen LogP contribution in [0.4, 0.5) is 5.69 Å². The van der Waals surface area contributed by atoms with Gasteiger partial charge in [-0.2, -0.15) is 0 Å². The van der Waals surface area contributed by atoms with Crippen LogP contribution >= 0.6 is 0 Å². The van der Waals surface area contributed by atoms with Gasteiger partial charge in [0.15, 0.2) is 5.82 Å². The van der Waals surface area contributed by atoms with Crippen molar-refractivity contribution in [2.24, 2.45) is 0 Å². The molecule has 4 heteroatoms. The molecule has 92 valence electrons. The summed E-state index contributed by atoms with van der Waals surface area (Å²) in [4.78, 5) is 8.21. The van der Waals surface area contributed by atoms with Crippen molar-refractivity contribution < 1.29 is 4.74 Å². The summed E-state index contributed by atoms with van der Waals surface area (Å²) in [6.45, 7) is 4.07. The van der Waals surface area contributed by atoms with Gasteiger partial charge in [-0.1, -0.05) is 6.08 Å². The second-order valence-corrected chi connectivity index (χ2v) is 3.81. The first-order chi connectivity index (χ1) is 8.79. The Bertz CT molecular complexity index is 526. The highest BCUT2D eigenvalue weighted by molar-refractivity contribution is 5.48. The highest BCUT2D eigenvalue weighted by atomic mass is 16.5. The highest BCUT2D eigenvalue weighted by Crippen LogP contribution is 2.22. The minimum absolute atomic E-state index is 0.342. The van der Waals surface area contributed by atoms with Crippen LogP contribution in [0.1, 0.15) is 11.4 Å². The van der Waals surface area contributed by atoms with Gasteiger partial charge in [0.25, 0.3) is 0 Å². The molecule has 18 heavy (non-hydrogen) atoms. The molecule has 4 nitrogen and oxygen atoms in total. The largest absolute Gasteiger partial charge is 0.485 e. The van der Waals surface area contributed by atoms with E-state index in [1.165, 1.54) is 0 Å². The molecule has 2 aromatic rings. The Kier molecular flexibility index (Phi) is 3.91.